The number of nitrogens with zero attached hydrogens (tertiary/aromatic N) is 2. The van der Waals surface area contributed by atoms with Gasteiger partial charge in [0.05, 0.1) is 12.1 Å². The molecule has 2 rings (SSSR count). The van der Waals surface area contributed by atoms with Gasteiger partial charge in [0.1, 0.15) is 5.65 Å². The highest BCUT2D eigenvalue weighted by Crippen LogP contribution is 2.36. The van der Waals surface area contributed by atoms with Gasteiger partial charge in [-0.1, -0.05) is 6.07 Å². The van der Waals surface area contributed by atoms with Crippen LogP contribution in [0.3, 0.4) is 0 Å². The second-order valence-electron chi connectivity index (χ2n) is 3.29. The fraction of sp³-hybridized carbons (Fsp3) is 0.111. The highest BCUT2D eigenvalue weighted by molar-refractivity contribution is 7.70. The highest BCUT2D eigenvalue weighted by atomic mass is 31.2. The molecule has 6 nitrogen and oxygen atoms in total. The van der Waals surface area contributed by atoms with Crippen LogP contribution >= 0.6 is 7.60 Å². The monoisotopic (exact) mass is 240 g/mol. The van der Waals surface area contributed by atoms with Crippen LogP contribution in [-0.2, 0) is 15.8 Å². The Morgan fingerprint density at radius 3 is 2.88 bits per heavy atom. The number of hydrogen-bond donors (Lipinski definition) is 2. The Bertz CT molecular complexity index is 586. The Morgan fingerprint density at radius 1 is 1.44 bits per heavy atom. The third-order valence-electron chi connectivity index (χ3n) is 2.15. The van der Waals surface area contributed by atoms with Crippen LogP contribution in [0.2, 0.25) is 0 Å². The van der Waals surface area contributed by atoms with Crippen LogP contribution in [-0.4, -0.2) is 24.7 Å². The van der Waals surface area contributed by atoms with Gasteiger partial charge in [-0.3, -0.25) is 9.36 Å². The molecule has 0 aliphatic heterocycles. The first kappa shape index (κ1) is 11.0. The molecule has 0 aliphatic carbocycles. The summed E-state index contributed by atoms with van der Waals surface area (Å²) in [5.74, 6) is 0. The standard InChI is InChI=1S/C9H9N2O4P/c12-9(16(13,14)15)5-7-6-10-8-3-1-2-4-11(7)8/h1-4,6H,5H2,(H2,13,14,15). The maximum Gasteiger partial charge on any atom is 0.391 e. The number of pyridine rings is 1. The van der Waals surface area contributed by atoms with Gasteiger partial charge in [0, 0.05) is 12.4 Å². The normalized spacial score (nSPS) is 11.9. The van der Waals surface area contributed by atoms with Crippen molar-refractivity contribution in [2.24, 2.45) is 0 Å². The lowest BCUT2D eigenvalue weighted by Crippen LogP contribution is -2.05. The zero-order valence-electron chi connectivity index (χ0n) is 8.15. The van der Waals surface area contributed by atoms with E-state index in [-0.39, 0.29) is 6.42 Å². The first-order valence-electron chi connectivity index (χ1n) is 4.48. The third kappa shape index (κ3) is 2.04. The summed E-state index contributed by atoms with van der Waals surface area (Å²) in [5.41, 5.74) is -0.00177. The van der Waals surface area contributed by atoms with Crippen molar-refractivity contribution < 1.29 is 19.1 Å². The van der Waals surface area contributed by atoms with E-state index in [1.54, 1.807) is 28.8 Å². The molecule has 0 aliphatic rings. The van der Waals surface area contributed by atoms with Gasteiger partial charge in [-0.15, -0.1) is 0 Å². The van der Waals surface area contributed by atoms with Crippen molar-refractivity contribution in [3.05, 3.63) is 36.3 Å². The number of carbonyl (C=O) groups excluding carboxylic acids is 1. The van der Waals surface area contributed by atoms with Crippen molar-refractivity contribution in [2.45, 2.75) is 6.42 Å². The van der Waals surface area contributed by atoms with E-state index < -0.39 is 13.1 Å². The average Bonchev–Trinajstić information content (AvgIpc) is 2.61. The number of carbonyl (C=O) groups is 1. The summed E-state index contributed by atoms with van der Waals surface area (Å²) in [4.78, 5) is 32.6. The lowest BCUT2D eigenvalue weighted by Gasteiger charge is -2.02. The van der Waals surface area contributed by atoms with Crippen LogP contribution in [0.15, 0.2) is 30.6 Å². The minimum atomic E-state index is -4.66. The molecular formula is C9H9N2O4P. The minimum absolute atomic E-state index is 0.324. The van der Waals surface area contributed by atoms with Gasteiger partial charge in [0.15, 0.2) is 0 Å². The molecule has 2 aromatic rings. The lowest BCUT2D eigenvalue weighted by atomic mass is 10.3. The molecule has 0 saturated carbocycles. The number of hydrogen-bond acceptors (Lipinski definition) is 3. The molecule has 7 heteroatoms. The van der Waals surface area contributed by atoms with Crippen LogP contribution < -0.4 is 0 Å². The first-order valence-corrected chi connectivity index (χ1v) is 6.09. The van der Waals surface area contributed by atoms with Gasteiger partial charge in [-0.2, -0.15) is 0 Å². The van der Waals surface area contributed by atoms with Gasteiger partial charge in [0.25, 0.3) is 0 Å². The maximum atomic E-state index is 11.2. The number of fused-ring (bicyclic) bond motifs is 1. The van der Waals surface area contributed by atoms with Crippen molar-refractivity contribution in [3.8, 4) is 0 Å². The van der Waals surface area contributed by atoms with E-state index in [0.29, 0.717) is 11.3 Å². The zero-order valence-corrected chi connectivity index (χ0v) is 9.04. The second kappa shape index (κ2) is 3.83. The van der Waals surface area contributed by atoms with E-state index in [4.69, 9.17) is 9.79 Å². The Labute approximate surface area is 90.7 Å². The molecule has 0 radical (unpaired) electrons. The van der Waals surface area contributed by atoms with Crippen molar-refractivity contribution in [2.75, 3.05) is 0 Å². The smallest absolute Gasteiger partial charge is 0.319 e. The minimum Gasteiger partial charge on any atom is -0.319 e. The molecule has 0 saturated heterocycles. The maximum absolute atomic E-state index is 11.2. The van der Waals surface area contributed by atoms with E-state index in [2.05, 4.69) is 4.98 Å². The SMILES string of the molecule is O=C(Cc1cnc2ccccn12)P(=O)(O)O. The highest BCUT2D eigenvalue weighted by Gasteiger charge is 2.26. The van der Waals surface area contributed by atoms with Crippen LogP contribution in [0.25, 0.3) is 5.65 Å². The van der Waals surface area contributed by atoms with E-state index >= 15 is 0 Å². The Kier molecular flexibility index (Phi) is 2.63. The summed E-state index contributed by atoms with van der Waals surface area (Å²) in [6.07, 6.45) is 2.79. The van der Waals surface area contributed by atoms with Crippen LogP contribution in [0, 0.1) is 0 Å². The molecule has 0 fully saturated rings. The van der Waals surface area contributed by atoms with Crippen LogP contribution in [0.4, 0.5) is 0 Å². The Morgan fingerprint density at radius 2 is 2.19 bits per heavy atom. The second-order valence-corrected chi connectivity index (χ2v) is 4.88. The predicted molar refractivity (Wildman–Crippen MR) is 55.9 cm³/mol. The fourth-order valence-electron chi connectivity index (χ4n) is 1.37. The summed E-state index contributed by atoms with van der Waals surface area (Å²) >= 11 is 0. The molecule has 0 bridgehead atoms. The fourth-order valence-corrected chi connectivity index (χ4v) is 1.74. The summed E-state index contributed by atoms with van der Waals surface area (Å²) in [7, 11) is -4.66. The van der Waals surface area contributed by atoms with E-state index in [1.807, 2.05) is 0 Å². The number of aromatic nitrogens is 2. The van der Waals surface area contributed by atoms with Crippen LogP contribution in [0.5, 0.6) is 0 Å². The van der Waals surface area contributed by atoms with Gasteiger partial charge < -0.3 is 14.2 Å². The van der Waals surface area contributed by atoms with E-state index in [1.165, 1.54) is 6.20 Å². The number of imidazole rings is 1. The Balaban J connectivity index is 2.36. The molecule has 2 aromatic heterocycles. The average molecular weight is 240 g/mol. The zero-order chi connectivity index (χ0) is 11.8. The number of rotatable bonds is 3. The molecule has 0 aromatic carbocycles. The van der Waals surface area contributed by atoms with Crippen molar-refractivity contribution >= 4 is 18.8 Å². The van der Waals surface area contributed by atoms with Crippen molar-refractivity contribution in [1.29, 1.82) is 0 Å². The van der Waals surface area contributed by atoms with Gasteiger partial charge in [0.2, 0.25) is 5.52 Å². The van der Waals surface area contributed by atoms with Gasteiger partial charge in [-0.25, -0.2) is 4.98 Å². The molecule has 0 unspecified atom stereocenters. The Hall–Kier alpha value is -1.49. The predicted octanol–water partition coefficient (Wildman–Crippen LogP) is 0.581. The first-order chi connectivity index (χ1) is 7.48. The molecule has 0 atom stereocenters. The molecule has 2 heterocycles. The molecule has 0 amide bonds. The van der Waals surface area contributed by atoms with Gasteiger partial charge in [-0.05, 0) is 12.1 Å². The molecule has 84 valence electrons. The molecule has 2 N–H and O–H groups in total. The summed E-state index contributed by atoms with van der Waals surface area (Å²) in [6, 6.07) is 5.28. The third-order valence-corrected chi connectivity index (χ3v) is 2.96. The van der Waals surface area contributed by atoms with Crippen LogP contribution in [0.1, 0.15) is 5.69 Å². The summed E-state index contributed by atoms with van der Waals surface area (Å²) < 4.78 is 12.3. The quantitative estimate of drug-likeness (QED) is 0.765. The topological polar surface area (TPSA) is 91.9 Å². The lowest BCUT2D eigenvalue weighted by molar-refractivity contribution is -0.112. The van der Waals surface area contributed by atoms with E-state index in [9.17, 15) is 9.36 Å². The molecular weight excluding hydrogens is 231 g/mol. The van der Waals surface area contributed by atoms with E-state index in [0.717, 1.165) is 0 Å². The largest absolute Gasteiger partial charge is 0.391 e. The van der Waals surface area contributed by atoms with Gasteiger partial charge >= 0.3 is 7.60 Å². The molecule has 0 spiro atoms. The van der Waals surface area contributed by atoms with Crippen molar-refractivity contribution in [3.63, 3.8) is 0 Å². The summed E-state index contributed by atoms with van der Waals surface area (Å²) in [5, 5.41) is 0. The molecule has 16 heavy (non-hydrogen) atoms. The van der Waals surface area contributed by atoms with Crippen molar-refractivity contribution in [1.82, 2.24) is 9.38 Å². The summed E-state index contributed by atoms with van der Waals surface area (Å²) in [6.45, 7) is 0.